The number of fused-ring (bicyclic) bond motifs is 7. The van der Waals surface area contributed by atoms with E-state index in [1.807, 2.05) is 0 Å². The Bertz CT molecular complexity index is 11300. The minimum atomic E-state index is -3.73. The number of carbonyl (C=O) groups is 14. The number of nitrogens with zero attached hydrogens (tertiary/aromatic N) is 14. The molecule has 21 rings (SSSR count). The average Bonchev–Trinajstić information content (AvgIpc) is 0.682. The summed E-state index contributed by atoms with van der Waals surface area (Å²) >= 11 is 0. The number of anilines is 7. The number of Topliss-reactive ketones (excluding diaryl/α,β-unsaturated/α-hetero) is 14. The van der Waals surface area contributed by atoms with Crippen molar-refractivity contribution in [1.29, 1.82) is 0 Å². The van der Waals surface area contributed by atoms with Crippen LogP contribution in [0.4, 0.5) is 39.8 Å². The van der Waals surface area contributed by atoms with Crippen LogP contribution in [0.1, 0.15) is 309 Å². The maximum absolute atomic E-state index is 13.4. The van der Waals surface area contributed by atoms with Gasteiger partial charge in [-0.3, -0.25) is 133 Å². The van der Waals surface area contributed by atoms with Gasteiger partial charge in [0.2, 0.25) is 0 Å². The van der Waals surface area contributed by atoms with E-state index in [2.05, 4.69) is 34.9 Å². The number of benzene rings is 7. The lowest BCUT2D eigenvalue weighted by atomic mass is 9.92. The van der Waals surface area contributed by atoms with Crippen LogP contribution in [0.3, 0.4) is 0 Å². The number of carbonyl (C=O) groups excluding carboxylic acids is 14. The van der Waals surface area contributed by atoms with E-state index in [-0.39, 0.29) is 35.7 Å². The predicted octanol–water partition coefficient (Wildman–Crippen LogP) is 8.05. The van der Waals surface area contributed by atoms with Crippen LogP contribution in [0.5, 0.6) is 0 Å². The zero-order chi connectivity index (χ0) is 164. The smallest absolute Gasteiger partial charge is 0.264 e. The summed E-state index contributed by atoms with van der Waals surface area (Å²) in [4.78, 5) is 290. The largest absolute Gasteiger partial charge is 0.398 e. The minimum absolute atomic E-state index is 0.140. The molecule has 0 bridgehead atoms. The molecule has 7 aromatic carbocycles. The molecule has 7 fully saturated rings. The molecular weight excluding hydrogens is 1890 g/mol. The highest BCUT2D eigenvalue weighted by molar-refractivity contribution is 6.09. The number of aromatic nitrogens is 14. The summed E-state index contributed by atoms with van der Waals surface area (Å²) in [6, 6.07) is -35.8. The first kappa shape index (κ1) is 48.3. The van der Waals surface area contributed by atoms with Crippen molar-refractivity contribution in [2.45, 2.75) is 224 Å². The van der Waals surface area contributed by atoms with Crippen LogP contribution in [-0.2, 0) is 67.1 Å². The van der Waals surface area contributed by atoms with Crippen molar-refractivity contribution >= 4 is 197 Å². The van der Waals surface area contributed by atoms with Crippen LogP contribution in [0.15, 0.2) is 160 Å². The molecular formula is C105H105N21O21. The summed E-state index contributed by atoms with van der Waals surface area (Å²) in [5.74, 6) is -25.3. The number of ketones is 14. The molecule has 0 aliphatic heterocycles. The second kappa shape index (κ2) is 43.0. The molecule has 7 heterocycles. The standard InChI is InChI=1S/7C15H15N3O3/c7*1-8-17-11-4-2-3-10(16)14(11)15(21)18(8)12-6-5-9(19)7-13(12)20/h7*2-4,12H,5-7,16H2,1H3/t5*12-;;/m11000../s1/i1D3,2D,3D,4D,5D2,6D2,12D;1D3,2D,3D,4D,12D;1D3,2D,3D,4D,5D2,6D2,12D;1D3,2D,3D,4D,5D2,6D2;1D3,2D,3D,4D,12D;1D3,2D,3D,4D,5D2,6D2,12D;1D3,2D,3D,4D,5D2,6D2. The Morgan fingerprint density at radius 1 is 0.238 bits per heavy atom. The maximum atomic E-state index is 13.4. The highest BCUT2D eigenvalue weighted by Gasteiger charge is 2.39. The van der Waals surface area contributed by atoms with Crippen molar-refractivity contribution in [2.75, 3.05) is 40.1 Å². The Kier molecular flexibility index (Phi) is 14.1. The number of hydrogen-bond acceptors (Lipinski definition) is 35. The third kappa shape index (κ3) is 21.2. The fourth-order valence-corrected chi connectivity index (χ4v) is 14.6. The molecule has 7 saturated carbocycles. The van der Waals surface area contributed by atoms with Crippen LogP contribution in [-0.4, -0.2) is 148 Å². The highest BCUT2D eigenvalue weighted by atomic mass is 16.2. The molecule has 7 aromatic heterocycles. The maximum Gasteiger partial charge on any atom is 0.264 e. The normalized spacial score (nSPS) is 32.3. The molecule has 7 aliphatic rings. The van der Waals surface area contributed by atoms with Gasteiger partial charge in [-0.05, 0) is 177 Å². The van der Waals surface area contributed by atoms with E-state index in [4.69, 9.17) is 132 Å². The predicted molar refractivity (Wildman–Crippen MR) is 546 cm³/mol. The van der Waals surface area contributed by atoms with Crippen LogP contribution >= 0.6 is 0 Å². The summed E-state index contributed by atoms with van der Waals surface area (Å²) in [6.07, 6.45) is -43.3. The molecule has 7 aliphatic carbocycles. The van der Waals surface area contributed by atoms with Crippen molar-refractivity contribution in [3.63, 3.8) is 0 Å². The lowest BCUT2D eigenvalue weighted by Gasteiger charge is -2.24. The average molecular weight is 2060 g/mol. The molecule has 0 radical (unpaired) electrons. The van der Waals surface area contributed by atoms with E-state index in [0.717, 1.165) is 0 Å². The number of rotatable bonds is 7. The van der Waals surface area contributed by atoms with Gasteiger partial charge in [0.05, 0.1) is 199 Å². The molecule has 42 heteroatoms. The molecule has 14 aromatic rings. The Morgan fingerprint density at radius 2 is 0.408 bits per heavy atom. The van der Waals surface area contributed by atoms with E-state index in [1.165, 1.54) is 0 Å². The third-order valence-corrected chi connectivity index (χ3v) is 21.2. The van der Waals surface area contributed by atoms with Gasteiger partial charge in [-0.1, -0.05) is 42.3 Å². The Hall–Kier alpha value is -17.5. The van der Waals surface area contributed by atoms with Crippen molar-refractivity contribution in [2.24, 2.45) is 0 Å². The lowest BCUT2D eigenvalue weighted by Crippen LogP contribution is -2.36. The van der Waals surface area contributed by atoms with Crippen molar-refractivity contribution in [3.05, 3.63) is 240 Å². The quantitative estimate of drug-likeness (QED) is 0.0585. The van der Waals surface area contributed by atoms with Crippen molar-refractivity contribution in [1.82, 2.24) is 66.9 Å². The molecule has 0 amide bonds. The SMILES string of the molecule is [2H]c1c([2H])c(N)c2c(=O)n(C3([2H])C(=O)CC(=O)C([2H])([2H])C3([2H])[2H])c(C([2H])([2H])[2H])nc2c1[2H].[2H]c1c([2H])c(N)c2c(=O)n(C3C(=O)CC(=O)C([2H])([2H])C3([2H])[2H])c(C([2H])([2H])[2H])nc2c1[2H].[2H]c1c([2H])c(N)c2c(=O)n([C@@H]3C(=O)CC(=O)C([2H])([2H])C3([2H])[2H])c(C([2H])([2H])[2H])nc2c1[2H].[2H]c1c([2H])c(N)c2c(=O)n([C@@]3([2H])C(=O)CC(=O)C([2H])([2H])C3([2H])[2H])c(C([2H])([2H])[2H])nc2c1[2H].[2H]c1c([2H])c(N)c2c(=O)n([C@@]3([2H])CCC(=O)CC3=O)c(C([2H])([2H])[2H])nc2c1[2H].[2H]c1c([2H])c(N)c2c(=O)n([C@]3([2H])C(=O)CC(=O)C([2H])([2H])C3([2H])[2H])c(C([2H])([2H])[2H])nc2c1[2H].[2H]c1c([2H])c(N)c2c(=O)n([C@]3([2H])CCC(=O)CC3=O)c(C([2H])([2H])[2H])nc2c1[2H]. The molecule has 7 atom stereocenters. The summed E-state index contributed by atoms with van der Waals surface area (Å²) < 4.78 is 528. The first-order valence-corrected chi connectivity index (χ1v) is 41.2. The van der Waals surface area contributed by atoms with Gasteiger partial charge in [0, 0.05) is 141 Å². The monoisotopic (exact) mass is 2060 g/mol. The van der Waals surface area contributed by atoms with Gasteiger partial charge in [-0.2, -0.15) is 0 Å². The van der Waals surface area contributed by atoms with Crippen LogP contribution < -0.4 is 79.1 Å². The fourth-order valence-electron chi connectivity index (χ4n) is 14.6. The Balaban J connectivity index is 0.000000177. The van der Waals surface area contributed by atoms with Crippen molar-refractivity contribution < 1.29 is 159 Å². The van der Waals surface area contributed by atoms with Gasteiger partial charge in [0.25, 0.3) is 38.9 Å². The topological polar surface area (TPSA) is 665 Å². The number of nitrogen functional groups attached to an aromatic ring is 7. The van der Waals surface area contributed by atoms with Crippen molar-refractivity contribution in [3.8, 4) is 0 Å². The van der Waals surface area contributed by atoms with E-state index < -0.39 is 615 Å². The van der Waals surface area contributed by atoms with E-state index in [1.54, 1.807) is 0 Å². The lowest BCUT2D eigenvalue weighted by molar-refractivity contribution is -0.133. The molecule has 42 nitrogen and oxygen atoms in total. The molecule has 2 unspecified atom stereocenters. The summed E-state index contributed by atoms with van der Waals surface area (Å²) in [5.41, 5.74) is 21.3. The number of aryl methyl sites for hydroxylation is 7. The third-order valence-electron chi connectivity index (χ3n) is 21.2. The van der Waals surface area contributed by atoms with Gasteiger partial charge >= 0.3 is 0 Å². The zero-order valence-corrected chi connectivity index (χ0v) is 73.8. The first-order valence-electron chi connectivity index (χ1n) is 74.7. The first-order chi connectivity index (χ1) is 96.5. The second-order valence-electron chi connectivity index (χ2n) is 30.7. The van der Waals surface area contributed by atoms with Crippen LogP contribution in [0.25, 0.3) is 76.3 Å². The molecule has 147 heavy (non-hydrogen) atoms. The zero-order valence-electron chi connectivity index (χ0n) is 141. The number of hydrogen-bond donors (Lipinski definition) is 7. The summed E-state index contributed by atoms with van der Waals surface area (Å²) in [6.45, 7) is -22.7. The van der Waals surface area contributed by atoms with E-state index in [9.17, 15) is 101 Å². The van der Waals surface area contributed by atoms with Crippen LogP contribution in [0.2, 0.25) is 0 Å². The summed E-state index contributed by atoms with van der Waals surface area (Å²) in [5, 5.41) is -4.80. The van der Waals surface area contributed by atoms with Gasteiger partial charge in [0.1, 0.15) is 81.3 Å². The molecule has 756 valence electrons. The molecule has 0 saturated heterocycles. The van der Waals surface area contributed by atoms with Gasteiger partial charge < -0.3 is 40.1 Å². The highest BCUT2D eigenvalue weighted by Crippen LogP contribution is 2.35. The van der Waals surface area contributed by atoms with Gasteiger partial charge in [-0.15, -0.1) is 0 Å². The Labute approximate surface area is 927 Å². The second-order valence-corrected chi connectivity index (χ2v) is 30.7. The number of nitrogens with two attached hydrogens (primary N) is 7. The minimum Gasteiger partial charge on any atom is -0.398 e. The molecule has 0 spiro atoms. The van der Waals surface area contributed by atoms with Gasteiger partial charge in [-0.25, -0.2) is 34.9 Å². The Morgan fingerprint density at radius 3 is 0.612 bits per heavy atom. The van der Waals surface area contributed by atoms with Crippen LogP contribution in [0, 0.1) is 48.0 Å². The van der Waals surface area contributed by atoms with Gasteiger partial charge in [0.15, 0.2) is 40.5 Å². The van der Waals surface area contributed by atoms with E-state index in [0.29, 0.717) is 9.13 Å². The fraction of sp³-hybridized carbons (Fsp3) is 0.333. The van der Waals surface area contributed by atoms with E-state index >= 15 is 0 Å². The summed E-state index contributed by atoms with van der Waals surface area (Å²) in [7, 11) is 0. The molecule has 14 N–H and O–H groups in total.